The second-order valence-electron chi connectivity index (χ2n) is 7.94. The Morgan fingerprint density at radius 2 is 2.00 bits per heavy atom. The van der Waals surface area contributed by atoms with Gasteiger partial charge in [-0.25, -0.2) is 0 Å². The molecule has 4 rings (SSSR count). The van der Waals surface area contributed by atoms with Crippen LogP contribution in [0, 0.1) is 0 Å². The van der Waals surface area contributed by atoms with Crippen LogP contribution < -0.4 is 10.2 Å². The number of anilines is 1. The van der Waals surface area contributed by atoms with Crippen LogP contribution in [0.5, 0.6) is 0 Å². The second kappa shape index (κ2) is 10.4. The van der Waals surface area contributed by atoms with Gasteiger partial charge in [0.1, 0.15) is 12.2 Å². The molecule has 158 valence electrons. The molecule has 0 spiro atoms. The molecule has 1 aliphatic heterocycles. The van der Waals surface area contributed by atoms with Crippen molar-refractivity contribution in [2.24, 2.45) is 0 Å². The Bertz CT molecular complexity index is 783. The van der Waals surface area contributed by atoms with Gasteiger partial charge in [0.2, 0.25) is 0 Å². The van der Waals surface area contributed by atoms with Crippen molar-refractivity contribution in [2.75, 3.05) is 18.0 Å². The zero-order chi connectivity index (χ0) is 20.6. The van der Waals surface area contributed by atoms with Gasteiger partial charge >= 0.3 is 0 Å². The van der Waals surface area contributed by atoms with Crippen LogP contribution in [0.4, 0.5) is 5.69 Å². The summed E-state index contributed by atoms with van der Waals surface area (Å²) in [5.74, 6) is 1.06. The van der Waals surface area contributed by atoms with Crippen molar-refractivity contribution in [1.82, 2.24) is 20.1 Å². The first kappa shape index (κ1) is 21.3. The van der Waals surface area contributed by atoms with Crippen LogP contribution >= 0.6 is 0 Å². The molecule has 0 amide bonds. The Morgan fingerprint density at radius 1 is 1.28 bits per heavy atom. The van der Waals surface area contributed by atoms with Crippen molar-refractivity contribution >= 4 is 12.2 Å². The van der Waals surface area contributed by atoms with Crippen LogP contribution in [0.15, 0.2) is 24.5 Å². The van der Waals surface area contributed by atoms with Crippen LogP contribution in [0.3, 0.4) is 0 Å². The van der Waals surface area contributed by atoms with Crippen molar-refractivity contribution in [3.05, 3.63) is 41.5 Å². The van der Waals surface area contributed by atoms with E-state index in [9.17, 15) is 0 Å². The van der Waals surface area contributed by atoms with Crippen LogP contribution in [-0.4, -0.2) is 45.5 Å². The Balaban J connectivity index is 0.000000755. The number of aromatic nitrogens is 3. The predicted molar refractivity (Wildman–Crippen MR) is 114 cm³/mol. The number of aryl methyl sites for hydroxylation is 3. The number of fused-ring (bicyclic) bond motifs is 1. The highest BCUT2D eigenvalue weighted by molar-refractivity contribution is 5.52. The van der Waals surface area contributed by atoms with Gasteiger partial charge in [-0.2, -0.15) is 0 Å². The quantitative estimate of drug-likeness (QED) is 0.726. The number of carboxylic acid groups (broad SMARTS) is 1. The van der Waals surface area contributed by atoms with Crippen molar-refractivity contribution in [1.29, 1.82) is 0 Å². The molecule has 7 heteroatoms. The predicted octanol–water partition coefficient (Wildman–Crippen LogP) is 3.20. The molecule has 29 heavy (non-hydrogen) atoms. The Morgan fingerprint density at radius 3 is 2.72 bits per heavy atom. The average Bonchev–Trinajstić information content (AvgIpc) is 3.38. The lowest BCUT2D eigenvalue weighted by Gasteiger charge is -2.35. The van der Waals surface area contributed by atoms with Crippen molar-refractivity contribution in [3.8, 4) is 0 Å². The minimum absolute atomic E-state index is 0.250. The summed E-state index contributed by atoms with van der Waals surface area (Å²) in [7, 11) is 0. The largest absolute Gasteiger partial charge is 0.483 e. The fourth-order valence-corrected chi connectivity index (χ4v) is 4.50. The molecule has 0 radical (unpaired) electrons. The van der Waals surface area contributed by atoms with E-state index in [4.69, 9.17) is 9.90 Å². The second-order valence-corrected chi connectivity index (χ2v) is 7.94. The minimum Gasteiger partial charge on any atom is -0.483 e. The number of benzene rings is 1. The first-order valence-corrected chi connectivity index (χ1v) is 10.7. The van der Waals surface area contributed by atoms with Gasteiger partial charge in [-0.05, 0) is 68.7 Å². The highest BCUT2D eigenvalue weighted by Crippen LogP contribution is 2.28. The summed E-state index contributed by atoms with van der Waals surface area (Å²) in [5.41, 5.74) is 4.56. The standard InChI is InChI=1S/C21H31N5.CH2O2/c1-3-11-26-15-22-24-21(26)16(2)23-19-9-12-25(13-10-19)20-8-7-17-5-4-6-18(17)14-20;2-1-3/h7-8,14-16,19,23H,3-6,9-13H2,1-2H3;1H,(H,2,3). The van der Waals surface area contributed by atoms with E-state index in [2.05, 4.69) is 57.0 Å². The number of nitrogens with one attached hydrogen (secondary N) is 1. The lowest BCUT2D eigenvalue weighted by atomic mass is 10.0. The van der Waals surface area contributed by atoms with Crippen LogP contribution in [0.25, 0.3) is 0 Å². The molecular formula is C22H33N5O2. The lowest BCUT2D eigenvalue weighted by molar-refractivity contribution is -0.122. The fraction of sp³-hybridized carbons (Fsp3) is 0.591. The zero-order valence-corrected chi connectivity index (χ0v) is 17.5. The number of hydrogen-bond acceptors (Lipinski definition) is 5. The van der Waals surface area contributed by atoms with Gasteiger partial charge in [0.05, 0.1) is 6.04 Å². The molecule has 0 saturated carbocycles. The molecule has 2 aromatic rings. The molecule has 2 heterocycles. The third-order valence-corrected chi connectivity index (χ3v) is 5.93. The van der Waals surface area contributed by atoms with E-state index in [1.54, 1.807) is 11.1 Å². The molecule has 2 aliphatic rings. The maximum atomic E-state index is 8.36. The van der Waals surface area contributed by atoms with Gasteiger partial charge < -0.3 is 19.9 Å². The summed E-state index contributed by atoms with van der Waals surface area (Å²) >= 11 is 0. The highest BCUT2D eigenvalue weighted by atomic mass is 16.3. The Labute approximate surface area is 173 Å². The molecule has 1 aromatic carbocycles. The number of piperidine rings is 1. The third-order valence-electron chi connectivity index (χ3n) is 5.93. The fourth-order valence-electron chi connectivity index (χ4n) is 4.50. The first-order chi connectivity index (χ1) is 14.2. The molecule has 1 atom stereocenters. The van der Waals surface area contributed by atoms with E-state index in [0.29, 0.717) is 6.04 Å². The van der Waals surface area contributed by atoms with Crippen molar-refractivity contribution in [2.45, 2.75) is 71.0 Å². The van der Waals surface area contributed by atoms with Crippen molar-refractivity contribution in [3.63, 3.8) is 0 Å². The third kappa shape index (κ3) is 5.35. The molecule has 7 nitrogen and oxygen atoms in total. The van der Waals surface area contributed by atoms with E-state index in [-0.39, 0.29) is 12.5 Å². The van der Waals surface area contributed by atoms with Gasteiger partial charge in [-0.15, -0.1) is 10.2 Å². The van der Waals surface area contributed by atoms with E-state index in [0.717, 1.165) is 31.9 Å². The molecular weight excluding hydrogens is 366 g/mol. The summed E-state index contributed by atoms with van der Waals surface area (Å²) in [6.07, 6.45) is 9.18. The van der Waals surface area contributed by atoms with E-state index < -0.39 is 0 Å². The van der Waals surface area contributed by atoms with Crippen molar-refractivity contribution < 1.29 is 9.90 Å². The van der Waals surface area contributed by atoms with E-state index >= 15 is 0 Å². The van der Waals surface area contributed by atoms with Crippen LogP contribution in [0.2, 0.25) is 0 Å². The summed E-state index contributed by atoms with van der Waals surface area (Å²) in [4.78, 5) is 10.9. The number of rotatable bonds is 6. The highest BCUT2D eigenvalue weighted by Gasteiger charge is 2.23. The SMILES string of the molecule is CCCn1cnnc1C(C)NC1CCN(c2ccc3c(c2)CCC3)CC1.O=CO. The van der Waals surface area contributed by atoms with Crippen LogP contribution in [0.1, 0.15) is 62.5 Å². The molecule has 1 aliphatic carbocycles. The zero-order valence-electron chi connectivity index (χ0n) is 17.5. The molecule has 1 fully saturated rings. The smallest absolute Gasteiger partial charge is 0.290 e. The summed E-state index contributed by atoms with van der Waals surface area (Å²) in [5, 5.41) is 19.1. The molecule has 0 bridgehead atoms. The normalized spacial score (nSPS) is 17.4. The van der Waals surface area contributed by atoms with Gasteiger partial charge in [0, 0.05) is 31.4 Å². The van der Waals surface area contributed by atoms with Gasteiger partial charge in [-0.1, -0.05) is 13.0 Å². The van der Waals surface area contributed by atoms with E-state index in [1.165, 1.54) is 37.8 Å². The van der Waals surface area contributed by atoms with Gasteiger partial charge in [-0.3, -0.25) is 4.79 Å². The molecule has 2 N–H and O–H groups in total. The number of nitrogens with zero attached hydrogens (tertiary/aromatic N) is 4. The summed E-state index contributed by atoms with van der Waals surface area (Å²) in [6.45, 7) is 7.40. The van der Waals surface area contributed by atoms with Gasteiger partial charge in [0.25, 0.3) is 6.47 Å². The minimum atomic E-state index is -0.250. The number of carbonyl (C=O) groups is 1. The lowest BCUT2D eigenvalue weighted by Crippen LogP contribution is -2.43. The molecule has 1 aromatic heterocycles. The summed E-state index contributed by atoms with van der Waals surface area (Å²) < 4.78 is 2.18. The molecule has 1 saturated heterocycles. The molecule has 1 unspecified atom stereocenters. The first-order valence-electron chi connectivity index (χ1n) is 10.7. The van der Waals surface area contributed by atoms with E-state index in [1.807, 2.05) is 6.33 Å². The Hall–Kier alpha value is -2.41. The monoisotopic (exact) mass is 399 g/mol. The average molecular weight is 400 g/mol. The topological polar surface area (TPSA) is 83.3 Å². The van der Waals surface area contributed by atoms with Crippen LogP contribution in [-0.2, 0) is 24.2 Å². The Kier molecular flexibility index (Phi) is 7.63. The van der Waals surface area contributed by atoms with Gasteiger partial charge in [0.15, 0.2) is 0 Å². The maximum Gasteiger partial charge on any atom is 0.290 e. The maximum absolute atomic E-state index is 8.36. The summed E-state index contributed by atoms with van der Waals surface area (Å²) in [6, 6.07) is 7.92. The number of hydrogen-bond donors (Lipinski definition) is 2.